The minimum Gasteiger partial charge on any atom is -0.370 e. The van der Waals surface area contributed by atoms with Gasteiger partial charge in [0.15, 0.2) is 5.96 Å². The molecule has 5 heteroatoms. The molecule has 5 nitrogen and oxygen atoms in total. The van der Waals surface area contributed by atoms with Crippen LogP contribution >= 0.6 is 0 Å². The molecule has 1 amide bonds. The smallest absolute Gasteiger partial charge is 0.251 e. The highest BCUT2D eigenvalue weighted by Gasteiger charge is 2.08. The fourth-order valence-electron chi connectivity index (χ4n) is 1.71. The molecule has 0 radical (unpaired) electrons. The molecule has 0 aliphatic carbocycles. The third kappa shape index (κ3) is 6.29. The van der Waals surface area contributed by atoms with Crippen LogP contribution in [0.25, 0.3) is 0 Å². The number of benzene rings is 1. The Morgan fingerprint density at radius 1 is 1.38 bits per heavy atom. The molecule has 1 aromatic carbocycles. The first-order valence-electron chi connectivity index (χ1n) is 7.50. The van der Waals surface area contributed by atoms with Gasteiger partial charge in [0.2, 0.25) is 0 Å². The van der Waals surface area contributed by atoms with Gasteiger partial charge in [0.1, 0.15) is 0 Å². The van der Waals surface area contributed by atoms with Gasteiger partial charge in [-0.05, 0) is 37.5 Å². The maximum atomic E-state index is 12.1. The van der Waals surface area contributed by atoms with E-state index in [4.69, 9.17) is 5.73 Å². The number of carbonyl (C=O) groups excluding carboxylic acids is 1. The van der Waals surface area contributed by atoms with Gasteiger partial charge >= 0.3 is 0 Å². The highest BCUT2D eigenvalue weighted by atomic mass is 16.1. The standard InChI is InChI=1S/C16H26N4O/c1-4-9-18-16(17)19-11-13-7-6-8-14(10-13)15(21)20-12(3)5-2/h6-8,10,12H,4-5,9,11H2,1-3H3,(H,20,21)(H3,17,18,19). The Bertz CT molecular complexity index is 485. The van der Waals surface area contributed by atoms with Crippen molar-refractivity contribution in [3.63, 3.8) is 0 Å². The zero-order chi connectivity index (χ0) is 15.7. The summed E-state index contributed by atoms with van der Waals surface area (Å²) < 4.78 is 0. The molecular formula is C16H26N4O. The molecule has 0 aliphatic rings. The quantitative estimate of drug-likeness (QED) is 0.531. The molecule has 0 saturated heterocycles. The van der Waals surface area contributed by atoms with Crippen molar-refractivity contribution in [3.05, 3.63) is 35.4 Å². The number of nitrogens with zero attached hydrogens (tertiary/aromatic N) is 1. The van der Waals surface area contributed by atoms with Gasteiger partial charge in [-0.3, -0.25) is 4.79 Å². The van der Waals surface area contributed by atoms with E-state index in [0.29, 0.717) is 18.1 Å². The third-order valence-corrected chi connectivity index (χ3v) is 3.17. The van der Waals surface area contributed by atoms with Gasteiger partial charge in [-0.15, -0.1) is 0 Å². The normalized spacial score (nSPS) is 12.8. The second kappa shape index (κ2) is 9.00. The fraction of sp³-hybridized carbons (Fsp3) is 0.500. The van der Waals surface area contributed by atoms with E-state index in [-0.39, 0.29) is 11.9 Å². The molecule has 0 aromatic heterocycles. The molecule has 1 aromatic rings. The summed E-state index contributed by atoms with van der Waals surface area (Å²) in [4.78, 5) is 16.3. The zero-order valence-corrected chi connectivity index (χ0v) is 13.1. The Kier molecular flexibility index (Phi) is 7.29. The summed E-state index contributed by atoms with van der Waals surface area (Å²) in [5, 5.41) is 5.98. The fourth-order valence-corrected chi connectivity index (χ4v) is 1.71. The van der Waals surface area contributed by atoms with Crippen molar-refractivity contribution in [1.82, 2.24) is 10.6 Å². The number of nitrogens with two attached hydrogens (primary N) is 1. The lowest BCUT2D eigenvalue weighted by Crippen LogP contribution is -2.32. The molecule has 21 heavy (non-hydrogen) atoms. The monoisotopic (exact) mass is 290 g/mol. The average Bonchev–Trinajstić information content (AvgIpc) is 2.50. The maximum Gasteiger partial charge on any atom is 0.251 e. The van der Waals surface area contributed by atoms with Crippen LogP contribution in [0.4, 0.5) is 0 Å². The molecule has 0 fully saturated rings. The number of hydrogen-bond donors (Lipinski definition) is 3. The summed E-state index contributed by atoms with van der Waals surface area (Å²) in [6.07, 6.45) is 1.91. The first-order chi connectivity index (χ1) is 10.1. The molecule has 0 saturated carbocycles. The molecule has 1 unspecified atom stereocenters. The van der Waals surface area contributed by atoms with Crippen LogP contribution < -0.4 is 16.4 Å². The van der Waals surface area contributed by atoms with Crippen molar-refractivity contribution in [2.45, 2.75) is 46.2 Å². The summed E-state index contributed by atoms with van der Waals surface area (Å²) in [7, 11) is 0. The topological polar surface area (TPSA) is 79.5 Å². The van der Waals surface area contributed by atoms with Crippen molar-refractivity contribution >= 4 is 11.9 Å². The van der Waals surface area contributed by atoms with Crippen LogP contribution in [0.2, 0.25) is 0 Å². The number of nitrogens with one attached hydrogen (secondary N) is 2. The van der Waals surface area contributed by atoms with Crippen molar-refractivity contribution in [3.8, 4) is 0 Å². The minimum atomic E-state index is -0.0488. The Morgan fingerprint density at radius 2 is 2.14 bits per heavy atom. The maximum absolute atomic E-state index is 12.1. The third-order valence-electron chi connectivity index (χ3n) is 3.17. The molecule has 1 rings (SSSR count). The predicted octanol–water partition coefficient (Wildman–Crippen LogP) is 2.03. The highest BCUT2D eigenvalue weighted by Crippen LogP contribution is 2.07. The van der Waals surface area contributed by atoms with Crippen LogP contribution in [-0.4, -0.2) is 24.5 Å². The summed E-state index contributed by atoms with van der Waals surface area (Å²) in [6, 6.07) is 7.65. The summed E-state index contributed by atoms with van der Waals surface area (Å²) in [5.41, 5.74) is 7.37. The van der Waals surface area contributed by atoms with E-state index in [2.05, 4.69) is 22.5 Å². The lowest BCUT2D eigenvalue weighted by Gasteiger charge is -2.11. The molecule has 116 valence electrons. The molecular weight excluding hydrogens is 264 g/mol. The average molecular weight is 290 g/mol. The minimum absolute atomic E-state index is 0.0488. The lowest BCUT2D eigenvalue weighted by atomic mass is 10.1. The number of hydrogen-bond acceptors (Lipinski definition) is 2. The van der Waals surface area contributed by atoms with Crippen LogP contribution in [0.1, 0.15) is 49.5 Å². The Hall–Kier alpha value is -2.04. The van der Waals surface area contributed by atoms with Gasteiger partial charge in [0.25, 0.3) is 5.91 Å². The second-order valence-corrected chi connectivity index (χ2v) is 5.11. The van der Waals surface area contributed by atoms with Gasteiger partial charge in [0.05, 0.1) is 6.54 Å². The van der Waals surface area contributed by atoms with Crippen molar-refractivity contribution in [1.29, 1.82) is 0 Å². The number of rotatable bonds is 7. The van der Waals surface area contributed by atoms with Gasteiger partial charge < -0.3 is 16.4 Å². The van der Waals surface area contributed by atoms with Gasteiger partial charge in [0, 0.05) is 18.2 Å². The molecule has 0 bridgehead atoms. The second-order valence-electron chi connectivity index (χ2n) is 5.11. The Balaban J connectivity index is 2.66. The van der Waals surface area contributed by atoms with E-state index in [9.17, 15) is 4.79 Å². The van der Waals surface area contributed by atoms with Gasteiger partial charge in [-0.25, -0.2) is 4.99 Å². The van der Waals surface area contributed by atoms with Crippen molar-refractivity contribution in [2.24, 2.45) is 10.7 Å². The molecule has 0 heterocycles. The molecule has 4 N–H and O–H groups in total. The summed E-state index contributed by atoms with van der Waals surface area (Å²) in [6.45, 7) is 7.38. The molecule has 1 atom stereocenters. The number of guanidine groups is 1. The van der Waals surface area contributed by atoms with E-state index in [0.717, 1.165) is 24.9 Å². The number of amides is 1. The van der Waals surface area contributed by atoms with Crippen molar-refractivity contribution < 1.29 is 4.79 Å². The van der Waals surface area contributed by atoms with Crippen LogP contribution in [0, 0.1) is 0 Å². The number of aliphatic imine (C=N–C) groups is 1. The van der Waals surface area contributed by atoms with Crippen LogP contribution in [0.5, 0.6) is 0 Å². The largest absolute Gasteiger partial charge is 0.370 e. The Morgan fingerprint density at radius 3 is 2.81 bits per heavy atom. The zero-order valence-electron chi connectivity index (χ0n) is 13.1. The molecule has 0 spiro atoms. The van der Waals surface area contributed by atoms with E-state index in [1.54, 1.807) is 0 Å². The summed E-state index contributed by atoms with van der Waals surface area (Å²) >= 11 is 0. The van der Waals surface area contributed by atoms with Gasteiger partial charge in [-0.2, -0.15) is 0 Å². The summed E-state index contributed by atoms with van der Waals surface area (Å²) in [5.74, 6) is 0.388. The lowest BCUT2D eigenvalue weighted by molar-refractivity contribution is 0.0939. The van der Waals surface area contributed by atoms with Crippen LogP contribution in [0.15, 0.2) is 29.3 Å². The van der Waals surface area contributed by atoms with Gasteiger partial charge in [-0.1, -0.05) is 26.0 Å². The van der Waals surface area contributed by atoms with E-state index < -0.39 is 0 Å². The van der Waals surface area contributed by atoms with Crippen LogP contribution in [-0.2, 0) is 6.54 Å². The molecule has 0 aliphatic heterocycles. The predicted molar refractivity (Wildman–Crippen MR) is 87.3 cm³/mol. The van der Waals surface area contributed by atoms with E-state index in [1.165, 1.54) is 0 Å². The van der Waals surface area contributed by atoms with E-state index in [1.807, 2.05) is 38.1 Å². The Labute approximate surface area is 127 Å². The van der Waals surface area contributed by atoms with Crippen LogP contribution in [0.3, 0.4) is 0 Å². The highest BCUT2D eigenvalue weighted by molar-refractivity contribution is 5.94. The SMILES string of the molecule is CCCNC(N)=NCc1cccc(C(=O)NC(C)CC)c1. The van der Waals surface area contributed by atoms with Crippen molar-refractivity contribution in [2.75, 3.05) is 6.54 Å². The van der Waals surface area contributed by atoms with E-state index >= 15 is 0 Å². The first kappa shape index (κ1) is 17.0. The first-order valence-corrected chi connectivity index (χ1v) is 7.50. The number of carbonyl (C=O) groups is 1.